The molecule has 0 bridgehead atoms. The lowest BCUT2D eigenvalue weighted by atomic mass is 9.99. The van der Waals surface area contributed by atoms with Gasteiger partial charge in [-0.05, 0) is 99.9 Å². The molecular formula is C59H72N12O5. The van der Waals surface area contributed by atoms with E-state index in [0.717, 1.165) is 123 Å². The first-order chi connectivity index (χ1) is 37.0. The summed E-state index contributed by atoms with van der Waals surface area (Å²) in [5, 5.41) is 25.8. The molecule has 2 aromatic heterocycles. The molecule has 7 heterocycles. The molecule has 3 saturated heterocycles. The van der Waals surface area contributed by atoms with Gasteiger partial charge in [-0.2, -0.15) is 19.9 Å². The number of nitrogens with zero attached hydrogens (tertiary/aromatic N) is 12. The van der Waals surface area contributed by atoms with Crippen molar-refractivity contribution in [2.75, 3.05) is 119 Å². The molecule has 5 aliphatic rings. The van der Waals surface area contributed by atoms with Crippen molar-refractivity contribution < 1.29 is 24.5 Å². The maximum atomic E-state index is 12.6. The molecule has 11 rings (SSSR count). The number of phenols is 1. The minimum Gasteiger partial charge on any atom is -0.508 e. The number of anilines is 4. The van der Waals surface area contributed by atoms with E-state index < -0.39 is 6.23 Å². The second-order valence-corrected chi connectivity index (χ2v) is 21.4. The van der Waals surface area contributed by atoms with Crippen molar-refractivity contribution in [1.29, 1.82) is 0 Å². The lowest BCUT2D eigenvalue weighted by Gasteiger charge is -2.39. The topological polar surface area (TPSA) is 153 Å². The predicted octanol–water partition coefficient (Wildman–Crippen LogP) is 6.24. The van der Waals surface area contributed by atoms with E-state index in [-0.39, 0.29) is 23.9 Å². The van der Waals surface area contributed by atoms with Crippen LogP contribution < -0.4 is 29.1 Å². The van der Waals surface area contributed by atoms with Crippen LogP contribution in [0, 0.1) is 0 Å². The lowest BCUT2D eigenvalue weighted by Crippen LogP contribution is -2.50. The Labute approximate surface area is 446 Å². The highest BCUT2D eigenvalue weighted by atomic mass is 16.5. The monoisotopic (exact) mass is 1030 g/mol. The molecule has 0 spiro atoms. The maximum absolute atomic E-state index is 12.6. The van der Waals surface area contributed by atoms with Crippen LogP contribution in [0.5, 0.6) is 17.8 Å². The number of rotatable bonds is 15. The Balaban J connectivity index is 0.837. The molecule has 3 fully saturated rings. The summed E-state index contributed by atoms with van der Waals surface area (Å²) < 4.78 is 13.3. The summed E-state index contributed by atoms with van der Waals surface area (Å²) in [6.45, 7) is 20.9. The molecule has 3 atom stereocenters. The van der Waals surface area contributed by atoms with Gasteiger partial charge in [0.1, 0.15) is 35.8 Å². The molecule has 0 radical (unpaired) electrons. The van der Waals surface area contributed by atoms with Gasteiger partial charge in [-0.15, -0.1) is 0 Å². The number of hydrogen-bond donors (Lipinski definition) is 2. The van der Waals surface area contributed by atoms with Gasteiger partial charge in [0.2, 0.25) is 5.91 Å². The number of piperazine rings is 2. The highest BCUT2D eigenvalue weighted by molar-refractivity contribution is 5.96. The van der Waals surface area contributed by atoms with E-state index in [1.165, 1.54) is 33.7 Å². The third kappa shape index (κ3) is 11.0. The molecule has 76 heavy (non-hydrogen) atoms. The molecule has 17 heteroatoms. The minimum atomic E-state index is -0.663. The number of aromatic hydroxyl groups is 1. The number of aliphatic hydroxyl groups is 1. The Morgan fingerprint density at radius 3 is 1.96 bits per heavy atom. The summed E-state index contributed by atoms with van der Waals surface area (Å²) in [4.78, 5) is 51.1. The van der Waals surface area contributed by atoms with Gasteiger partial charge in [0, 0.05) is 124 Å². The molecule has 1 amide bonds. The quantitative estimate of drug-likeness (QED) is 0.0881. The predicted molar refractivity (Wildman–Crippen MR) is 300 cm³/mol. The van der Waals surface area contributed by atoms with E-state index in [9.17, 15) is 15.0 Å². The molecule has 5 aliphatic heterocycles. The van der Waals surface area contributed by atoms with Crippen LogP contribution >= 0.6 is 0 Å². The van der Waals surface area contributed by atoms with Crippen LogP contribution in [0.1, 0.15) is 47.8 Å². The largest absolute Gasteiger partial charge is 0.508 e. The average Bonchev–Trinajstić information content (AvgIpc) is 3.50. The number of phenolic OH excluding ortho intramolecular Hbond substituents is 1. The van der Waals surface area contributed by atoms with Gasteiger partial charge in [0.15, 0.2) is 0 Å². The lowest BCUT2D eigenvalue weighted by molar-refractivity contribution is -0.126. The van der Waals surface area contributed by atoms with Crippen molar-refractivity contribution in [3.63, 3.8) is 0 Å². The van der Waals surface area contributed by atoms with E-state index in [1.807, 2.05) is 54.2 Å². The Kier molecular flexibility index (Phi) is 15.0. The second kappa shape index (κ2) is 22.3. The second-order valence-electron chi connectivity index (χ2n) is 21.4. The summed E-state index contributed by atoms with van der Waals surface area (Å²) in [5.74, 6) is 2.01. The summed E-state index contributed by atoms with van der Waals surface area (Å²) >= 11 is 0. The van der Waals surface area contributed by atoms with E-state index in [2.05, 4.69) is 91.9 Å². The number of carbonyl (C=O) groups excluding carboxylic acids is 1. The number of likely N-dealkylation sites (tertiary alicyclic amines) is 1. The standard InChI is InChI=1S/C59H72N12O5/c1-6-54(73)66-23-27-68(28-24-66)56-48-18-21-70(38-50(48)60-58(62-56)75-40(3)35-64(4)5)52-32-41(31-42-13-8-10-16-46(42)52)36-65-20-12-15-45(37-65)76-59-61-51-39-71(53-34-44(72)33-43-14-9-11-17-47(43)53)22-19-49(51)57(63-59)69-29-25-67(26-30-69)55(74)7-2/h6-11,13-14,16-17,31-34,40,45,54,72-73H,1-2,12,15,18-30,35-39H2,3-5H3/t40-,45-,54?/m1/s1. The van der Waals surface area contributed by atoms with Gasteiger partial charge in [-0.25, -0.2) is 0 Å². The summed E-state index contributed by atoms with van der Waals surface area (Å²) in [6.07, 6.45) is 5.49. The van der Waals surface area contributed by atoms with E-state index in [0.29, 0.717) is 64.4 Å². The molecule has 0 saturated carbocycles. The first-order valence-corrected chi connectivity index (χ1v) is 27.2. The number of likely N-dealkylation sites (N-methyl/N-ethyl adjacent to an activating group) is 1. The van der Waals surface area contributed by atoms with Crippen molar-refractivity contribution in [3.05, 3.63) is 126 Å². The Morgan fingerprint density at radius 1 is 0.737 bits per heavy atom. The molecule has 17 nitrogen and oxygen atoms in total. The highest BCUT2D eigenvalue weighted by Gasteiger charge is 2.33. The first kappa shape index (κ1) is 51.1. The number of fused-ring (bicyclic) bond motifs is 4. The zero-order valence-corrected chi connectivity index (χ0v) is 44.4. The van der Waals surface area contributed by atoms with Crippen LogP contribution in [-0.4, -0.2) is 173 Å². The van der Waals surface area contributed by atoms with Gasteiger partial charge in [0.25, 0.3) is 0 Å². The molecule has 4 aromatic carbocycles. The number of amides is 1. The molecule has 6 aromatic rings. The van der Waals surface area contributed by atoms with E-state index >= 15 is 0 Å². The van der Waals surface area contributed by atoms with Crippen LogP contribution in [0.4, 0.5) is 23.0 Å². The number of carbonyl (C=O) groups is 1. The van der Waals surface area contributed by atoms with Crippen LogP contribution in [0.25, 0.3) is 21.5 Å². The van der Waals surface area contributed by atoms with Crippen LogP contribution in [0.3, 0.4) is 0 Å². The normalized spacial score (nSPS) is 19.4. The van der Waals surface area contributed by atoms with E-state index in [1.54, 1.807) is 6.08 Å². The van der Waals surface area contributed by atoms with Crippen molar-refractivity contribution >= 4 is 50.5 Å². The number of benzene rings is 4. The molecule has 0 aliphatic carbocycles. The Morgan fingerprint density at radius 2 is 1.33 bits per heavy atom. The fraction of sp³-hybridized carbons (Fsp3) is 0.441. The molecule has 398 valence electrons. The van der Waals surface area contributed by atoms with Crippen LogP contribution in [-0.2, 0) is 37.3 Å². The average molecular weight is 1030 g/mol. The molecular weight excluding hydrogens is 957 g/mol. The van der Waals surface area contributed by atoms with Gasteiger partial charge in [0.05, 0.1) is 24.5 Å². The smallest absolute Gasteiger partial charge is 0.318 e. The molecule has 1 unspecified atom stereocenters. The third-order valence-corrected chi connectivity index (χ3v) is 15.8. The minimum absolute atomic E-state index is 0.0514. The fourth-order valence-electron chi connectivity index (χ4n) is 12.1. The van der Waals surface area contributed by atoms with Gasteiger partial charge >= 0.3 is 12.0 Å². The maximum Gasteiger partial charge on any atom is 0.318 e. The number of piperidine rings is 1. The number of aromatic nitrogens is 4. The number of hydrogen-bond acceptors (Lipinski definition) is 16. The fourth-order valence-corrected chi connectivity index (χ4v) is 12.1. The Hall–Kier alpha value is -7.05. The molecule has 2 N–H and O–H groups in total. The highest BCUT2D eigenvalue weighted by Crippen LogP contribution is 2.39. The van der Waals surface area contributed by atoms with Gasteiger partial charge < -0.3 is 49.1 Å². The number of aliphatic hydroxyl groups excluding tert-OH is 1. The van der Waals surface area contributed by atoms with Crippen LogP contribution in [0.2, 0.25) is 0 Å². The van der Waals surface area contributed by atoms with Gasteiger partial charge in [-0.1, -0.05) is 61.7 Å². The zero-order chi connectivity index (χ0) is 52.5. The summed E-state index contributed by atoms with van der Waals surface area (Å²) in [6, 6.07) is 26.1. The number of ether oxygens (including phenoxy) is 2. The van der Waals surface area contributed by atoms with Crippen molar-refractivity contribution in [2.45, 2.75) is 70.7 Å². The Bertz CT molecular complexity index is 3100. The summed E-state index contributed by atoms with van der Waals surface area (Å²) in [5.41, 5.74) is 7.60. The first-order valence-electron chi connectivity index (χ1n) is 27.2. The van der Waals surface area contributed by atoms with Crippen LogP contribution in [0.15, 0.2) is 98.1 Å². The third-order valence-electron chi connectivity index (χ3n) is 15.8. The van der Waals surface area contributed by atoms with Crippen molar-refractivity contribution in [2.24, 2.45) is 0 Å². The van der Waals surface area contributed by atoms with Crippen molar-refractivity contribution in [3.8, 4) is 17.8 Å². The van der Waals surface area contributed by atoms with E-state index in [4.69, 9.17) is 29.4 Å². The summed E-state index contributed by atoms with van der Waals surface area (Å²) in [7, 11) is 4.09. The van der Waals surface area contributed by atoms with Gasteiger partial charge in [-0.3, -0.25) is 14.6 Å². The SMILES string of the molecule is C=CC(=O)N1CCN(c2nc(O[C@@H]3CCCN(Cc4cc(N5CCc6c(nc(O[C@H](C)CN(C)C)nc6N6CCN(C(O)C=C)CC6)C5)c5ccccc5c4)C3)nc3c2CCN(c2cc(O)cc4ccccc24)C3)CC1. The zero-order valence-electron chi connectivity index (χ0n) is 44.4. The van der Waals surface area contributed by atoms with Crippen molar-refractivity contribution in [1.82, 2.24) is 39.5 Å².